The van der Waals surface area contributed by atoms with Crippen molar-refractivity contribution in [2.45, 2.75) is 52.1 Å². The molecule has 144 valence electrons. The highest BCUT2D eigenvalue weighted by Crippen LogP contribution is 2.29. The van der Waals surface area contributed by atoms with Crippen LogP contribution in [0.15, 0.2) is 42.5 Å². The average Bonchev–Trinajstić information content (AvgIpc) is 3.47. The van der Waals surface area contributed by atoms with E-state index in [0.29, 0.717) is 24.3 Å². The first-order chi connectivity index (χ1) is 13.0. The summed E-state index contributed by atoms with van der Waals surface area (Å²) in [6, 6.07) is 15.1. The van der Waals surface area contributed by atoms with Crippen LogP contribution in [-0.4, -0.2) is 30.5 Å². The molecular weight excluding hydrogens is 336 g/mol. The highest BCUT2D eigenvalue weighted by Gasteiger charge is 2.30. The first-order valence-corrected chi connectivity index (χ1v) is 9.73. The van der Waals surface area contributed by atoms with E-state index >= 15 is 0 Å². The second kappa shape index (κ2) is 8.57. The molecule has 1 fully saturated rings. The van der Waals surface area contributed by atoms with Crippen molar-refractivity contribution >= 4 is 11.6 Å². The molecule has 0 radical (unpaired) electrons. The third kappa shape index (κ3) is 5.33. The van der Waals surface area contributed by atoms with Gasteiger partial charge in [0.15, 0.2) is 0 Å². The molecule has 0 saturated heterocycles. The van der Waals surface area contributed by atoms with Crippen LogP contribution in [0.4, 0.5) is 5.69 Å². The summed E-state index contributed by atoms with van der Waals surface area (Å²) in [4.78, 5) is 14.9. The van der Waals surface area contributed by atoms with Gasteiger partial charge in [0.05, 0.1) is 19.3 Å². The maximum atomic E-state index is 12.7. The first kappa shape index (κ1) is 19.4. The van der Waals surface area contributed by atoms with Gasteiger partial charge in [0.1, 0.15) is 5.75 Å². The molecule has 0 bridgehead atoms. The van der Waals surface area contributed by atoms with E-state index in [-0.39, 0.29) is 5.91 Å². The zero-order valence-electron chi connectivity index (χ0n) is 16.8. The van der Waals surface area contributed by atoms with Gasteiger partial charge in [0, 0.05) is 12.6 Å². The Hall–Kier alpha value is -2.33. The molecule has 2 aromatic rings. The molecule has 0 unspecified atom stereocenters. The zero-order valence-corrected chi connectivity index (χ0v) is 16.8. The van der Waals surface area contributed by atoms with Crippen molar-refractivity contribution < 1.29 is 9.53 Å². The van der Waals surface area contributed by atoms with Crippen LogP contribution in [0.1, 0.15) is 49.3 Å². The number of rotatable bonds is 8. The Labute approximate surface area is 162 Å². The van der Waals surface area contributed by atoms with Crippen molar-refractivity contribution in [2.75, 3.05) is 19.0 Å². The molecule has 1 saturated carbocycles. The number of benzene rings is 2. The fourth-order valence-electron chi connectivity index (χ4n) is 3.29. The molecule has 27 heavy (non-hydrogen) atoms. The maximum Gasteiger partial charge on any atom is 0.238 e. The van der Waals surface area contributed by atoms with Crippen molar-refractivity contribution in [1.82, 2.24) is 4.90 Å². The third-order valence-corrected chi connectivity index (χ3v) is 5.07. The Kier molecular flexibility index (Phi) is 6.17. The Balaban J connectivity index is 1.64. The molecule has 0 spiro atoms. The summed E-state index contributed by atoms with van der Waals surface area (Å²) in [5, 5.41) is 3.02. The molecule has 1 N–H and O–H groups in total. The highest BCUT2D eigenvalue weighted by molar-refractivity contribution is 5.93. The number of hydrogen-bond acceptors (Lipinski definition) is 3. The fourth-order valence-corrected chi connectivity index (χ4v) is 3.29. The summed E-state index contributed by atoms with van der Waals surface area (Å²) in [6.45, 7) is 7.62. The van der Waals surface area contributed by atoms with Gasteiger partial charge in [-0.25, -0.2) is 0 Å². The van der Waals surface area contributed by atoms with Crippen LogP contribution in [0.2, 0.25) is 0 Å². The predicted octanol–water partition coefficient (Wildman–Crippen LogP) is 4.73. The van der Waals surface area contributed by atoms with Gasteiger partial charge in [-0.15, -0.1) is 0 Å². The van der Waals surface area contributed by atoms with E-state index in [0.717, 1.165) is 17.8 Å². The number of hydrogen-bond donors (Lipinski definition) is 1. The molecule has 0 heterocycles. The van der Waals surface area contributed by atoms with E-state index < -0.39 is 0 Å². The lowest BCUT2D eigenvalue weighted by Gasteiger charge is -2.22. The SMILES string of the molecule is COc1ccc(C)cc1NC(=O)CN(Cc1ccc(C(C)C)cc1)C1CC1. The minimum Gasteiger partial charge on any atom is -0.495 e. The number of amides is 1. The summed E-state index contributed by atoms with van der Waals surface area (Å²) >= 11 is 0. The van der Waals surface area contributed by atoms with Gasteiger partial charge in [-0.05, 0) is 54.5 Å². The summed E-state index contributed by atoms with van der Waals surface area (Å²) in [5.74, 6) is 1.23. The number of nitrogens with one attached hydrogen (secondary N) is 1. The topological polar surface area (TPSA) is 41.6 Å². The molecule has 0 aromatic heterocycles. The van der Waals surface area contributed by atoms with Crippen molar-refractivity contribution in [3.63, 3.8) is 0 Å². The first-order valence-electron chi connectivity index (χ1n) is 9.73. The van der Waals surface area contributed by atoms with Crippen molar-refractivity contribution in [1.29, 1.82) is 0 Å². The Bertz CT molecular complexity index is 779. The monoisotopic (exact) mass is 366 g/mol. The highest BCUT2D eigenvalue weighted by atomic mass is 16.5. The van der Waals surface area contributed by atoms with E-state index in [1.807, 2.05) is 25.1 Å². The maximum absolute atomic E-state index is 12.7. The van der Waals surface area contributed by atoms with Crippen molar-refractivity contribution in [2.24, 2.45) is 0 Å². The quantitative estimate of drug-likeness (QED) is 0.734. The summed E-state index contributed by atoms with van der Waals surface area (Å²) < 4.78 is 5.36. The normalized spacial score (nSPS) is 13.9. The largest absolute Gasteiger partial charge is 0.495 e. The van der Waals surface area contributed by atoms with Gasteiger partial charge in [-0.2, -0.15) is 0 Å². The number of nitrogens with zero attached hydrogens (tertiary/aromatic N) is 1. The Morgan fingerprint density at radius 3 is 2.48 bits per heavy atom. The molecule has 0 aliphatic heterocycles. The fraction of sp³-hybridized carbons (Fsp3) is 0.435. The molecule has 1 aliphatic rings. The minimum absolute atomic E-state index is 0.00426. The van der Waals surface area contributed by atoms with Crippen LogP contribution in [0, 0.1) is 6.92 Å². The summed E-state index contributed by atoms with van der Waals surface area (Å²) in [7, 11) is 1.62. The average molecular weight is 367 g/mol. The van der Waals surface area contributed by atoms with Crippen LogP contribution in [0.3, 0.4) is 0 Å². The van der Waals surface area contributed by atoms with E-state index in [4.69, 9.17) is 4.74 Å². The van der Waals surface area contributed by atoms with Gasteiger partial charge in [-0.3, -0.25) is 9.69 Å². The van der Waals surface area contributed by atoms with Crippen LogP contribution in [-0.2, 0) is 11.3 Å². The molecule has 4 nitrogen and oxygen atoms in total. The van der Waals surface area contributed by atoms with E-state index in [2.05, 4.69) is 48.3 Å². The Morgan fingerprint density at radius 2 is 1.89 bits per heavy atom. The summed E-state index contributed by atoms with van der Waals surface area (Å²) in [5.41, 5.74) is 4.43. The van der Waals surface area contributed by atoms with Crippen molar-refractivity contribution in [3.05, 3.63) is 59.2 Å². The van der Waals surface area contributed by atoms with Gasteiger partial charge >= 0.3 is 0 Å². The van der Waals surface area contributed by atoms with Gasteiger partial charge < -0.3 is 10.1 Å². The Morgan fingerprint density at radius 1 is 1.19 bits per heavy atom. The van der Waals surface area contributed by atoms with E-state index in [1.54, 1.807) is 7.11 Å². The number of carbonyl (C=O) groups is 1. The van der Waals surface area contributed by atoms with Crippen LogP contribution >= 0.6 is 0 Å². The van der Waals surface area contributed by atoms with Gasteiger partial charge in [0.25, 0.3) is 0 Å². The summed E-state index contributed by atoms with van der Waals surface area (Å²) in [6.07, 6.45) is 2.34. The van der Waals surface area contributed by atoms with Crippen molar-refractivity contribution in [3.8, 4) is 5.75 Å². The molecule has 1 aliphatic carbocycles. The molecule has 4 heteroatoms. The molecule has 3 rings (SSSR count). The smallest absolute Gasteiger partial charge is 0.238 e. The lowest BCUT2D eigenvalue weighted by atomic mass is 10.0. The lowest BCUT2D eigenvalue weighted by molar-refractivity contribution is -0.117. The van der Waals surface area contributed by atoms with Gasteiger partial charge in [-0.1, -0.05) is 44.2 Å². The molecule has 0 atom stereocenters. The third-order valence-electron chi connectivity index (χ3n) is 5.07. The van der Waals surface area contributed by atoms with Crippen LogP contribution in [0.5, 0.6) is 5.75 Å². The standard InChI is InChI=1S/C23H30N2O2/c1-16(2)19-8-6-18(7-9-19)14-25(20-10-11-20)15-23(26)24-21-13-17(3)5-12-22(21)27-4/h5-9,12-13,16,20H,10-11,14-15H2,1-4H3,(H,24,26). The second-order valence-electron chi connectivity index (χ2n) is 7.78. The van der Waals surface area contributed by atoms with E-state index in [1.165, 1.54) is 24.0 Å². The predicted molar refractivity (Wildman–Crippen MR) is 110 cm³/mol. The number of aryl methyl sites for hydroxylation is 1. The number of carbonyl (C=O) groups excluding carboxylic acids is 1. The number of ether oxygens (including phenoxy) is 1. The lowest BCUT2D eigenvalue weighted by Crippen LogP contribution is -2.34. The van der Waals surface area contributed by atoms with E-state index in [9.17, 15) is 4.79 Å². The number of methoxy groups -OCH3 is 1. The molecular formula is C23H30N2O2. The minimum atomic E-state index is 0.00426. The molecule has 2 aromatic carbocycles. The van der Waals surface area contributed by atoms with Gasteiger partial charge in [0.2, 0.25) is 5.91 Å². The van der Waals surface area contributed by atoms with Crippen LogP contribution < -0.4 is 10.1 Å². The molecule has 1 amide bonds. The van der Waals surface area contributed by atoms with Crippen LogP contribution in [0.25, 0.3) is 0 Å². The number of anilines is 1. The second-order valence-corrected chi connectivity index (χ2v) is 7.78. The zero-order chi connectivity index (χ0) is 19.4.